The van der Waals surface area contributed by atoms with Crippen molar-refractivity contribution >= 4 is 39.3 Å². The highest BCUT2D eigenvalue weighted by atomic mass is 32.2. The lowest BCUT2D eigenvalue weighted by Crippen LogP contribution is -2.03. The Bertz CT molecular complexity index is 534. The number of anilines is 1. The van der Waals surface area contributed by atoms with E-state index in [-0.39, 0.29) is 0 Å². The minimum Gasteiger partial charge on any atom is -0.354 e. The summed E-state index contributed by atoms with van der Waals surface area (Å²) < 4.78 is 0. The van der Waals surface area contributed by atoms with Crippen LogP contribution in [0.1, 0.15) is 32.6 Å². The van der Waals surface area contributed by atoms with Gasteiger partial charge in [0.2, 0.25) is 5.95 Å². The largest absolute Gasteiger partial charge is 0.354 e. The number of nitrogens with one attached hydrogen (secondary N) is 1. The molecule has 0 amide bonds. The molecule has 0 aromatic carbocycles. The fraction of sp³-hybridized carbons (Fsp3) is 0.538. The fourth-order valence-corrected chi connectivity index (χ4v) is 3.57. The minimum atomic E-state index is 0.530. The van der Waals surface area contributed by atoms with Crippen molar-refractivity contribution in [2.75, 3.05) is 11.9 Å². The maximum absolute atomic E-state index is 4.63. The van der Waals surface area contributed by atoms with Crippen LogP contribution < -0.4 is 5.32 Å². The van der Waals surface area contributed by atoms with Crippen LogP contribution in [0.5, 0.6) is 0 Å². The molecular formula is C13H19N3S2. The van der Waals surface area contributed by atoms with Crippen molar-refractivity contribution in [3.63, 3.8) is 0 Å². The number of thioether (sulfide) groups is 1. The summed E-state index contributed by atoms with van der Waals surface area (Å²) in [6, 6.07) is 2.24. The van der Waals surface area contributed by atoms with Crippen molar-refractivity contribution in [1.82, 2.24) is 9.97 Å². The first-order valence-corrected chi connectivity index (χ1v) is 8.04. The molecule has 2 rings (SSSR count). The Labute approximate surface area is 116 Å². The third-order valence-corrected chi connectivity index (χ3v) is 4.62. The second kappa shape index (κ2) is 5.89. The van der Waals surface area contributed by atoms with Gasteiger partial charge >= 0.3 is 0 Å². The van der Waals surface area contributed by atoms with Gasteiger partial charge in [-0.15, -0.1) is 23.1 Å². The molecule has 0 aliphatic rings. The average molecular weight is 281 g/mol. The molecule has 0 unspecified atom stereocenters. The molecule has 3 nitrogen and oxygen atoms in total. The predicted octanol–water partition coefficient (Wildman–Crippen LogP) is 4.19. The number of nitrogens with zero attached hydrogens (tertiary/aromatic N) is 2. The van der Waals surface area contributed by atoms with Crippen LogP contribution in [0.2, 0.25) is 0 Å². The molecule has 0 aliphatic carbocycles. The summed E-state index contributed by atoms with van der Waals surface area (Å²) in [5.74, 6) is 0.748. The van der Waals surface area contributed by atoms with Crippen molar-refractivity contribution in [3.05, 3.63) is 10.9 Å². The summed E-state index contributed by atoms with van der Waals surface area (Å²) in [6.07, 6.45) is 1.06. The first-order chi connectivity index (χ1) is 8.63. The molecular weight excluding hydrogens is 262 g/mol. The monoisotopic (exact) mass is 281 g/mol. The lowest BCUT2D eigenvalue weighted by Gasteiger charge is -2.08. The van der Waals surface area contributed by atoms with Crippen LogP contribution in [-0.2, 0) is 6.42 Å². The average Bonchev–Trinajstić information content (AvgIpc) is 2.72. The number of aromatic nitrogens is 2. The highest BCUT2D eigenvalue weighted by Gasteiger charge is 2.12. The van der Waals surface area contributed by atoms with E-state index in [0.717, 1.165) is 28.8 Å². The molecule has 1 N–H and O–H groups in total. The fourth-order valence-electron chi connectivity index (χ4n) is 1.67. The van der Waals surface area contributed by atoms with E-state index in [9.17, 15) is 0 Å². The van der Waals surface area contributed by atoms with Crippen LogP contribution in [0.3, 0.4) is 0 Å². The van der Waals surface area contributed by atoms with Crippen LogP contribution in [0, 0.1) is 0 Å². The van der Waals surface area contributed by atoms with Crippen molar-refractivity contribution < 1.29 is 0 Å². The van der Waals surface area contributed by atoms with Gasteiger partial charge in [-0.3, -0.25) is 0 Å². The zero-order valence-electron chi connectivity index (χ0n) is 11.3. The quantitative estimate of drug-likeness (QED) is 0.659. The zero-order valence-corrected chi connectivity index (χ0v) is 12.9. The van der Waals surface area contributed by atoms with E-state index in [4.69, 9.17) is 0 Å². The Morgan fingerprint density at radius 2 is 2.11 bits per heavy atom. The van der Waals surface area contributed by atoms with E-state index in [1.165, 1.54) is 10.3 Å². The van der Waals surface area contributed by atoms with Gasteiger partial charge in [-0.1, -0.05) is 20.8 Å². The highest BCUT2D eigenvalue weighted by Crippen LogP contribution is 2.34. The molecule has 0 bridgehead atoms. The summed E-state index contributed by atoms with van der Waals surface area (Å²) in [4.78, 5) is 11.7. The van der Waals surface area contributed by atoms with Gasteiger partial charge in [0.05, 0.1) is 0 Å². The van der Waals surface area contributed by atoms with Crippen LogP contribution >= 0.6 is 23.1 Å². The number of hydrogen-bond donors (Lipinski definition) is 1. The van der Waals surface area contributed by atoms with Crippen molar-refractivity contribution in [1.29, 1.82) is 0 Å². The zero-order chi connectivity index (χ0) is 13.1. The van der Waals surface area contributed by atoms with Crippen LogP contribution in [0.4, 0.5) is 5.95 Å². The molecule has 2 aromatic rings. The molecule has 98 valence electrons. The van der Waals surface area contributed by atoms with Gasteiger partial charge in [-0.05, 0) is 19.4 Å². The number of hydrogen-bond acceptors (Lipinski definition) is 5. The van der Waals surface area contributed by atoms with Crippen molar-refractivity contribution in [2.45, 2.75) is 44.4 Å². The normalized spacial score (nSPS) is 11.4. The molecule has 0 aliphatic heterocycles. The third kappa shape index (κ3) is 2.95. The molecule has 0 spiro atoms. The SMILES string of the molecule is CCNc1nc(SC(C)C)c2cc(CC)sc2n1. The van der Waals surface area contributed by atoms with Gasteiger partial charge in [0.25, 0.3) is 0 Å². The Kier molecular flexibility index (Phi) is 4.45. The van der Waals surface area contributed by atoms with Crippen LogP contribution in [-0.4, -0.2) is 21.8 Å². The second-order valence-electron chi connectivity index (χ2n) is 4.33. The smallest absolute Gasteiger partial charge is 0.225 e. The maximum Gasteiger partial charge on any atom is 0.225 e. The topological polar surface area (TPSA) is 37.8 Å². The van der Waals surface area contributed by atoms with Gasteiger partial charge in [-0.25, -0.2) is 9.97 Å². The molecule has 2 aromatic heterocycles. The standard InChI is InChI=1S/C13H19N3S2/c1-5-9-7-10-11(17-8(3)4)15-13(14-6-2)16-12(10)18-9/h7-8H,5-6H2,1-4H3,(H,14,15,16). The molecule has 5 heteroatoms. The Morgan fingerprint density at radius 3 is 2.72 bits per heavy atom. The van der Waals surface area contributed by atoms with E-state index in [2.05, 4.69) is 49.0 Å². The molecule has 2 heterocycles. The van der Waals surface area contributed by atoms with E-state index >= 15 is 0 Å². The molecule has 0 radical (unpaired) electrons. The summed E-state index contributed by atoms with van der Waals surface area (Å²) >= 11 is 3.58. The first-order valence-electron chi connectivity index (χ1n) is 6.35. The lowest BCUT2D eigenvalue weighted by atomic mass is 10.3. The number of rotatable bonds is 5. The Morgan fingerprint density at radius 1 is 1.33 bits per heavy atom. The summed E-state index contributed by atoms with van der Waals surface area (Å²) in [5, 5.41) is 6.05. The number of fused-ring (bicyclic) bond motifs is 1. The van der Waals surface area contributed by atoms with Crippen LogP contribution in [0.15, 0.2) is 11.1 Å². The van der Waals surface area contributed by atoms with Gasteiger partial charge in [0.1, 0.15) is 9.86 Å². The first kappa shape index (κ1) is 13.6. The summed E-state index contributed by atoms with van der Waals surface area (Å²) in [6.45, 7) is 9.48. The molecule has 0 saturated carbocycles. The predicted molar refractivity (Wildman–Crippen MR) is 81.9 cm³/mol. The van der Waals surface area contributed by atoms with E-state index in [0.29, 0.717) is 5.25 Å². The van der Waals surface area contributed by atoms with Gasteiger partial charge in [0, 0.05) is 22.1 Å². The molecule has 0 fully saturated rings. The minimum absolute atomic E-state index is 0.530. The lowest BCUT2D eigenvalue weighted by molar-refractivity contribution is 1.04. The Hall–Kier alpha value is -0.810. The number of thiophene rings is 1. The van der Waals surface area contributed by atoms with Crippen LogP contribution in [0.25, 0.3) is 10.2 Å². The van der Waals surface area contributed by atoms with Gasteiger partial charge < -0.3 is 5.32 Å². The van der Waals surface area contributed by atoms with Crippen molar-refractivity contribution in [3.8, 4) is 0 Å². The van der Waals surface area contributed by atoms with Gasteiger partial charge in [-0.2, -0.15) is 0 Å². The number of aryl methyl sites for hydroxylation is 1. The highest BCUT2D eigenvalue weighted by molar-refractivity contribution is 8.00. The summed E-state index contributed by atoms with van der Waals surface area (Å²) in [5.41, 5.74) is 0. The second-order valence-corrected chi connectivity index (χ2v) is 7.01. The van der Waals surface area contributed by atoms with E-state index < -0.39 is 0 Å². The molecule has 0 saturated heterocycles. The van der Waals surface area contributed by atoms with E-state index in [1.54, 1.807) is 11.3 Å². The molecule has 18 heavy (non-hydrogen) atoms. The summed E-state index contributed by atoms with van der Waals surface area (Å²) in [7, 11) is 0. The third-order valence-electron chi connectivity index (χ3n) is 2.44. The Balaban J connectivity index is 2.51. The molecule has 0 atom stereocenters. The van der Waals surface area contributed by atoms with Crippen molar-refractivity contribution in [2.24, 2.45) is 0 Å². The van der Waals surface area contributed by atoms with E-state index in [1.807, 2.05) is 11.8 Å². The maximum atomic E-state index is 4.63. The van der Waals surface area contributed by atoms with Gasteiger partial charge in [0.15, 0.2) is 0 Å².